The number of hydrogen-bond donors (Lipinski definition) is 1. The van der Waals surface area contributed by atoms with Crippen molar-refractivity contribution in [2.75, 3.05) is 0 Å². The van der Waals surface area contributed by atoms with E-state index >= 15 is 0 Å². The first-order valence-corrected chi connectivity index (χ1v) is 4.31. The number of rotatable bonds is 2. The molecule has 0 amide bonds. The number of hydroxylamine groups is 2. The molecule has 0 aliphatic heterocycles. The van der Waals surface area contributed by atoms with Crippen LogP contribution in [0.1, 0.15) is 21.3 Å². The summed E-state index contributed by atoms with van der Waals surface area (Å²) in [6, 6.07) is -0.110. The van der Waals surface area contributed by atoms with E-state index < -0.39 is 0 Å². The first-order valence-electron chi connectivity index (χ1n) is 4.31. The van der Waals surface area contributed by atoms with E-state index in [2.05, 4.69) is 0 Å². The summed E-state index contributed by atoms with van der Waals surface area (Å²) in [7, 11) is 0. The molecule has 0 fully saturated rings. The first-order chi connectivity index (χ1) is 6.50. The molecule has 16 heavy (non-hydrogen) atoms. The van der Waals surface area contributed by atoms with Crippen molar-refractivity contribution < 1.29 is 44.7 Å². The van der Waals surface area contributed by atoms with Gasteiger partial charge in [-0.3, -0.25) is 15.1 Å². The molecule has 1 rings (SSSR count). The third-order valence-electron chi connectivity index (χ3n) is 1.79. The van der Waals surface area contributed by atoms with E-state index in [-0.39, 0.29) is 54.6 Å². The Morgan fingerprint density at radius 3 is 2.44 bits per heavy atom. The molecule has 0 heterocycles. The fourth-order valence-electron chi connectivity index (χ4n) is 0.913. The van der Waals surface area contributed by atoms with Crippen LogP contribution in [-0.4, -0.2) is 22.1 Å². The maximum absolute atomic E-state index is 11.2. The van der Waals surface area contributed by atoms with Crippen LogP contribution < -0.4 is 34.7 Å². The van der Waals surface area contributed by atoms with E-state index in [1.807, 2.05) is 0 Å². The van der Waals surface area contributed by atoms with Gasteiger partial charge in [0.05, 0.1) is 6.04 Å². The smallest absolute Gasteiger partial charge is 0.872 e. The summed E-state index contributed by atoms with van der Waals surface area (Å²) in [5, 5.41) is 21.5. The minimum Gasteiger partial charge on any atom is -0.872 e. The molecule has 0 spiro atoms. The summed E-state index contributed by atoms with van der Waals surface area (Å²) >= 11 is 0. The van der Waals surface area contributed by atoms with Crippen molar-refractivity contribution in [3.63, 3.8) is 0 Å². The Morgan fingerprint density at radius 1 is 1.44 bits per heavy atom. The molecule has 0 saturated carbocycles. The zero-order chi connectivity index (χ0) is 10.7. The molecule has 0 unspecified atom stereocenters. The number of carbonyl (C=O) groups is 1. The van der Waals surface area contributed by atoms with Gasteiger partial charge in [-0.1, -0.05) is 19.3 Å². The van der Waals surface area contributed by atoms with Crippen LogP contribution in [0.15, 0.2) is 35.8 Å². The molecule has 0 aromatic carbocycles. The summed E-state index contributed by atoms with van der Waals surface area (Å²) < 4.78 is 0. The molecule has 0 saturated heterocycles. The molecule has 1 aliphatic rings. The van der Waals surface area contributed by atoms with E-state index in [1.54, 1.807) is 13.8 Å². The molecule has 0 aromatic rings. The van der Waals surface area contributed by atoms with Crippen molar-refractivity contribution >= 4 is 5.78 Å². The van der Waals surface area contributed by atoms with Gasteiger partial charge in [-0.25, -0.2) is 0 Å². The van der Waals surface area contributed by atoms with Crippen LogP contribution in [0.5, 0.6) is 0 Å². The van der Waals surface area contributed by atoms with Crippen molar-refractivity contribution in [1.82, 2.24) is 5.06 Å². The zero-order valence-corrected chi connectivity index (χ0v) is 11.1. The molecule has 5 heteroatoms. The molecular weight excluding hydrogens is 217 g/mol. The number of hydrogen-bond acceptors (Lipinski definition) is 4. The Balaban J connectivity index is 0. The van der Waals surface area contributed by atoms with Gasteiger partial charge < -0.3 is 5.11 Å². The topological polar surface area (TPSA) is 63.6 Å². The van der Waals surface area contributed by atoms with Gasteiger partial charge in [0.25, 0.3) is 0 Å². The van der Waals surface area contributed by atoms with E-state index in [9.17, 15) is 15.1 Å². The minimum atomic E-state index is -0.378. The molecule has 1 N–H and O–H groups in total. The molecular formula is C11H16NNaO3. The van der Waals surface area contributed by atoms with Crippen LogP contribution in [0.4, 0.5) is 0 Å². The second kappa shape index (κ2) is 7.68. The van der Waals surface area contributed by atoms with Gasteiger partial charge in [-0.15, -0.1) is 0 Å². The maximum Gasteiger partial charge on any atom is 1.00 e. The SMILES string of the molecule is C.CC(C)N(O)C=C1C=CC(=O)C=C1[O-].[Na+]. The average molecular weight is 233 g/mol. The van der Waals surface area contributed by atoms with E-state index in [4.69, 9.17) is 0 Å². The van der Waals surface area contributed by atoms with Crippen molar-refractivity contribution in [2.24, 2.45) is 0 Å². The second-order valence-corrected chi connectivity index (χ2v) is 3.30. The summed E-state index contributed by atoms with van der Waals surface area (Å²) in [4.78, 5) is 10.8. The number of nitrogens with zero attached hydrogens (tertiary/aromatic N) is 1. The van der Waals surface area contributed by atoms with Crippen molar-refractivity contribution in [1.29, 1.82) is 0 Å². The van der Waals surface area contributed by atoms with Gasteiger partial charge in [0.15, 0.2) is 5.78 Å². The standard InChI is InChI=1S/C10H13NO3.CH4.Na/c1-7(2)11(14)6-8-3-4-9(12)5-10(8)13;;/h3-7,13-14H,1-2H3;1H4;/q;;+1/p-1. The van der Waals surface area contributed by atoms with Gasteiger partial charge in [0, 0.05) is 6.20 Å². The van der Waals surface area contributed by atoms with Crippen LogP contribution in [0.3, 0.4) is 0 Å². The number of ketones is 1. The predicted molar refractivity (Wildman–Crippen MR) is 55.8 cm³/mol. The fourth-order valence-corrected chi connectivity index (χ4v) is 0.913. The Labute approximate surface area is 118 Å². The molecule has 0 radical (unpaired) electrons. The van der Waals surface area contributed by atoms with Gasteiger partial charge in [-0.2, -0.15) is 0 Å². The minimum absolute atomic E-state index is 0. The first kappa shape index (κ1) is 17.8. The Morgan fingerprint density at radius 2 is 2.00 bits per heavy atom. The molecule has 0 atom stereocenters. The largest absolute Gasteiger partial charge is 1.00 e. The number of carbonyl (C=O) groups excluding carboxylic acids is 1. The van der Waals surface area contributed by atoms with Gasteiger partial charge in [0.2, 0.25) is 0 Å². The number of allylic oxidation sites excluding steroid dienone is 3. The summed E-state index contributed by atoms with van der Waals surface area (Å²) in [6.45, 7) is 3.56. The van der Waals surface area contributed by atoms with Gasteiger partial charge in [0.1, 0.15) is 0 Å². The monoisotopic (exact) mass is 233 g/mol. The Kier molecular flexibility index (Phi) is 8.56. The van der Waals surface area contributed by atoms with Crippen LogP contribution >= 0.6 is 0 Å². The summed E-state index contributed by atoms with van der Waals surface area (Å²) in [5.41, 5.74) is 0.306. The summed E-state index contributed by atoms with van der Waals surface area (Å²) in [6.07, 6.45) is 5.00. The quantitative estimate of drug-likeness (QED) is 0.442. The van der Waals surface area contributed by atoms with Crippen molar-refractivity contribution in [3.8, 4) is 0 Å². The van der Waals surface area contributed by atoms with E-state index in [0.717, 1.165) is 11.1 Å². The zero-order valence-electron chi connectivity index (χ0n) is 9.10. The fraction of sp³-hybridized carbons (Fsp3) is 0.364. The van der Waals surface area contributed by atoms with Crippen LogP contribution in [0.25, 0.3) is 0 Å². The van der Waals surface area contributed by atoms with Crippen LogP contribution in [-0.2, 0) is 4.79 Å². The molecule has 4 nitrogen and oxygen atoms in total. The average Bonchev–Trinajstić information content (AvgIpc) is 2.09. The second-order valence-electron chi connectivity index (χ2n) is 3.30. The predicted octanol–water partition coefficient (Wildman–Crippen LogP) is -2.01. The molecule has 1 aliphatic carbocycles. The third kappa shape index (κ3) is 4.99. The summed E-state index contributed by atoms with van der Waals surface area (Å²) in [5.74, 6) is -0.696. The van der Waals surface area contributed by atoms with Gasteiger partial charge >= 0.3 is 29.6 Å². The Bertz CT molecular complexity index is 332. The molecule has 0 aromatic heterocycles. The van der Waals surface area contributed by atoms with Crippen molar-refractivity contribution in [3.05, 3.63) is 35.8 Å². The third-order valence-corrected chi connectivity index (χ3v) is 1.79. The van der Waals surface area contributed by atoms with E-state index in [0.29, 0.717) is 5.57 Å². The van der Waals surface area contributed by atoms with Gasteiger partial charge in [-0.05, 0) is 31.6 Å². The maximum atomic E-state index is 11.2. The van der Waals surface area contributed by atoms with E-state index in [1.165, 1.54) is 18.4 Å². The molecule has 0 bridgehead atoms. The Hall–Kier alpha value is -0.550. The molecule has 84 valence electrons. The van der Waals surface area contributed by atoms with Crippen molar-refractivity contribution in [2.45, 2.75) is 27.3 Å². The van der Waals surface area contributed by atoms with Crippen LogP contribution in [0, 0.1) is 0 Å². The normalized spacial score (nSPS) is 16.6. The van der Waals surface area contributed by atoms with Crippen LogP contribution in [0.2, 0.25) is 0 Å².